The minimum atomic E-state index is -3.68. The average molecular weight is 288 g/mol. The molecule has 0 unspecified atom stereocenters. The van der Waals surface area contributed by atoms with Crippen LogP contribution in [-0.4, -0.2) is 34.4 Å². The molecule has 8 heteroatoms. The third-order valence-corrected chi connectivity index (χ3v) is 3.56. The van der Waals surface area contributed by atoms with Gasteiger partial charge in [-0.2, -0.15) is 0 Å². The Kier molecular flexibility index (Phi) is 4.99. The fourth-order valence-electron chi connectivity index (χ4n) is 1.34. The van der Waals surface area contributed by atoms with E-state index in [0.29, 0.717) is 11.4 Å². The van der Waals surface area contributed by atoms with E-state index in [9.17, 15) is 13.2 Å². The van der Waals surface area contributed by atoms with Gasteiger partial charge in [0, 0.05) is 5.69 Å². The second-order valence-electron chi connectivity index (χ2n) is 3.71. The quantitative estimate of drug-likeness (QED) is 0.585. The molecular formula is C11H16N2O5S. The van der Waals surface area contributed by atoms with Gasteiger partial charge < -0.3 is 15.2 Å². The van der Waals surface area contributed by atoms with Crippen molar-refractivity contribution in [1.82, 2.24) is 0 Å². The highest BCUT2D eigenvalue weighted by molar-refractivity contribution is 7.92. The van der Waals surface area contributed by atoms with Crippen molar-refractivity contribution in [3.05, 3.63) is 18.2 Å². The molecule has 0 fully saturated rings. The molecule has 0 aliphatic heterocycles. The third-order valence-electron chi connectivity index (χ3n) is 2.29. The maximum absolute atomic E-state index is 11.8. The molecule has 0 atom stereocenters. The lowest BCUT2D eigenvalue weighted by molar-refractivity contribution is -0.140. The maximum Gasteiger partial charge on any atom is 0.306 e. The van der Waals surface area contributed by atoms with Crippen LogP contribution in [0, 0.1) is 0 Å². The fraction of sp³-hybridized carbons (Fsp3) is 0.364. The molecule has 106 valence electrons. The molecule has 3 N–H and O–H groups in total. The van der Waals surface area contributed by atoms with Gasteiger partial charge >= 0.3 is 5.97 Å². The van der Waals surface area contributed by atoms with E-state index >= 15 is 0 Å². The Labute approximate surface area is 111 Å². The van der Waals surface area contributed by atoms with E-state index in [0.717, 1.165) is 0 Å². The van der Waals surface area contributed by atoms with Crippen molar-refractivity contribution in [1.29, 1.82) is 0 Å². The number of sulfonamides is 1. The smallest absolute Gasteiger partial charge is 0.306 e. The van der Waals surface area contributed by atoms with Crippen molar-refractivity contribution in [2.75, 3.05) is 30.4 Å². The topological polar surface area (TPSA) is 108 Å². The molecule has 1 rings (SSSR count). The predicted octanol–water partition coefficient (Wildman–Crippen LogP) is 0.582. The highest BCUT2D eigenvalue weighted by Crippen LogP contribution is 2.27. The molecule has 0 heterocycles. The molecule has 0 aromatic heterocycles. The number of carbonyl (C=O) groups excluding carboxylic acids is 1. The Hall–Kier alpha value is -1.96. The van der Waals surface area contributed by atoms with Crippen molar-refractivity contribution in [2.45, 2.75) is 6.42 Å². The number of methoxy groups -OCH3 is 2. The summed E-state index contributed by atoms with van der Waals surface area (Å²) in [6, 6.07) is 4.58. The van der Waals surface area contributed by atoms with E-state index < -0.39 is 16.0 Å². The van der Waals surface area contributed by atoms with E-state index in [1.807, 2.05) is 0 Å². The van der Waals surface area contributed by atoms with Crippen LogP contribution < -0.4 is 15.2 Å². The minimum absolute atomic E-state index is 0.226. The molecule has 0 bridgehead atoms. The van der Waals surface area contributed by atoms with Crippen LogP contribution in [0.15, 0.2) is 18.2 Å². The highest BCUT2D eigenvalue weighted by Gasteiger charge is 2.16. The van der Waals surface area contributed by atoms with Crippen molar-refractivity contribution < 1.29 is 22.7 Å². The summed E-state index contributed by atoms with van der Waals surface area (Å²) >= 11 is 0. The van der Waals surface area contributed by atoms with Crippen LogP contribution in [-0.2, 0) is 19.6 Å². The summed E-state index contributed by atoms with van der Waals surface area (Å²) in [6.07, 6.45) is -0.226. The van der Waals surface area contributed by atoms with Crippen LogP contribution in [0.25, 0.3) is 0 Å². The van der Waals surface area contributed by atoms with Crippen molar-refractivity contribution in [3.63, 3.8) is 0 Å². The molecule has 1 aromatic rings. The zero-order valence-electron chi connectivity index (χ0n) is 10.7. The van der Waals surface area contributed by atoms with Crippen LogP contribution in [0.4, 0.5) is 11.4 Å². The van der Waals surface area contributed by atoms with Gasteiger partial charge in [0.15, 0.2) is 0 Å². The Balaban J connectivity index is 2.83. The molecule has 19 heavy (non-hydrogen) atoms. The van der Waals surface area contributed by atoms with Crippen molar-refractivity contribution >= 4 is 27.4 Å². The first kappa shape index (κ1) is 15.1. The predicted molar refractivity (Wildman–Crippen MR) is 71.4 cm³/mol. The van der Waals surface area contributed by atoms with Crippen LogP contribution in [0.5, 0.6) is 5.75 Å². The molecule has 0 radical (unpaired) electrons. The maximum atomic E-state index is 11.8. The number of benzene rings is 1. The van der Waals surface area contributed by atoms with Crippen molar-refractivity contribution in [2.24, 2.45) is 0 Å². The molecule has 0 aliphatic rings. The number of esters is 1. The van der Waals surface area contributed by atoms with Gasteiger partial charge in [-0.3, -0.25) is 9.52 Å². The van der Waals surface area contributed by atoms with E-state index in [1.54, 1.807) is 12.1 Å². The molecule has 0 spiro atoms. The number of nitrogens with one attached hydrogen (secondary N) is 1. The van der Waals surface area contributed by atoms with Crippen molar-refractivity contribution in [3.8, 4) is 5.75 Å². The van der Waals surface area contributed by atoms with E-state index in [4.69, 9.17) is 10.5 Å². The first-order valence-electron chi connectivity index (χ1n) is 5.39. The summed E-state index contributed by atoms with van der Waals surface area (Å²) in [5.74, 6) is -0.627. The molecule has 0 aliphatic carbocycles. The van der Waals surface area contributed by atoms with Gasteiger partial charge in [0.25, 0.3) is 0 Å². The zero-order chi connectivity index (χ0) is 14.5. The minimum Gasteiger partial charge on any atom is -0.495 e. The van der Waals surface area contributed by atoms with Crippen LogP contribution in [0.3, 0.4) is 0 Å². The SMILES string of the molecule is COC(=O)CCS(=O)(=O)Nc1cc(N)ccc1OC. The number of anilines is 2. The molecule has 0 saturated carbocycles. The monoisotopic (exact) mass is 288 g/mol. The lowest BCUT2D eigenvalue weighted by atomic mass is 10.2. The second-order valence-corrected chi connectivity index (χ2v) is 5.55. The first-order chi connectivity index (χ1) is 8.88. The lowest BCUT2D eigenvalue weighted by Gasteiger charge is -2.12. The van der Waals surface area contributed by atoms with Gasteiger partial charge in [-0.05, 0) is 18.2 Å². The van der Waals surface area contributed by atoms with E-state index in [1.165, 1.54) is 20.3 Å². The molecule has 0 saturated heterocycles. The number of carbonyl (C=O) groups is 1. The second kappa shape index (κ2) is 6.28. The molecule has 0 amide bonds. The standard InChI is InChI=1S/C11H16N2O5S/c1-17-10-4-3-8(12)7-9(10)13-19(15,16)6-5-11(14)18-2/h3-4,7,13H,5-6,12H2,1-2H3. The van der Waals surface area contributed by atoms with E-state index in [2.05, 4.69) is 9.46 Å². The summed E-state index contributed by atoms with van der Waals surface area (Å²) in [7, 11) is -1.06. The number of rotatable bonds is 6. The number of nitrogen functional groups attached to an aromatic ring is 1. The molecule has 7 nitrogen and oxygen atoms in total. The van der Waals surface area contributed by atoms with Crippen LogP contribution in [0.1, 0.15) is 6.42 Å². The number of ether oxygens (including phenoxy) is 2. The Morgan fingerprint density at radius 1 is 1.37 bits per heavy atom. The summed E-state index contributed by atoms with van der Waals surface area (Å²) in [5.41, 5.74) is 6.20. The normalized spacial score (nSPS) is 10.8. The van der Waals surface area contributed by atoms with Gasteiger partial charge in [-0.25, -0.2) is 8.42 Å². The summed E-state index contributed by atoms with van der Waals surface area (Å²) in [5, 5.41) is 0. The Bertz CT molecular complexity index is 556. The summed E-state index contributed by atoms with van der Waals surface area (Å²) in [6.45, 7) is 0. The van der Waals surface area contributed by atoms with Gasteiger partial charge in [-0.1, -0.05) is 0 Å². The van der Waals surface area contributed by atoms with Gasteiger partial charge in [0.2, 0.25) is 10.0 Å². The fourth-order valence-corrected chi connectivity index (χ4v) is 2.38. The van der Waals surface area contributed by atoms with Crippen LogP contribution >= 0.6 is 0 Å². The van der Waals surface area contributed by atoms with Gasteiger partial charge in [0.05, 0.1) is 32.1 Å². The molecule has 1 aromatic carbocycles. The number of hydrogen-bond donors (Lipinski definition) is 2. The molecular weight excluding hydrogens is 272 g/mol. The highest BCUT2D eigenvalue weighted by atomic mass is 32.2. The van der Waals surface area contributed by atoms with E-state index in [-0.39, 0.29) is 17.9 Å². The average Bonchev–Trinajstić information content (AvgIpc) is 2.36. The first-order valence-corrected chi connectivity index (χ1v) is 7.04. The van der Waals surface area contributed by atoms with Gasteiger partial charge in [0.1, 0.15) is 5.75 Å². The zero-order valence-corrected chi connectivity index (χ0v) is 11.5. The largest absolute Gasteiger partial charge is 0.495 e. The Morgan fingerprint density at radius 3 is 2.63 bits per heavy atom. The Morgan fingerprint density at radius 2 is 2.05 bits per heavy atom. The number of hydrogen-bond acceptors (Lipinski definition) is 6. The lowest BCUT2D eigenvalue weighted by Crippen LogP contribution is -2.20. The summed E-state index contributed by atoms with van der Waals surface area (Å²) < 4.78 is 35.3. The third kappa shape index (κ3) is 4.66. The number of nitrogens with two attached hydrogens (primary N) is 1. The van der Waals surface area contributed by atoms with Crippen LogP contribution in [0.2, 0.25) is 0 Å². The summed E-state index contributed by atoms with van der Waals surface area (Å²) in [4.78, 5) is 10.9. The van der Waals surface area contributed by atoms with Gasteiger partial charge in [-0.15, -0.1) is 0 Å².